The lowest BCUT2D eigenvalue weighted by Crippen LogP contribution is -2.36. The number of aliphatic hydroxyl groups is 1. The minimum Gasteiger partial charge on any atom is -0.391 e. The average Bonchev–Trinajstić information content (AvgIpc) is 3.27. The maximum Gasteiger partial charge on any atom is 0.185 e. The van der Waals surface area contributed by atoms with Gasteiger partial charge in [0.1, 0.15) is 5.52 Å². The zero-order chi connectivity index (χ0) is 18.2. The van der Waals surface area contributed by atoms with E-state index in [-0.39, 0.29) is 12.1 Å². The Morgan fingerprint density at radius 3 is 3.07 bits per heavy atom. The van der Waals surface area contributed by atoms with Crippen LogP contribution in [0.3, 0.4) is 0 Å². The number of pyridine rings is 2. The maximum atomic E-state index is 10.2. The molecule has 1 aliphatic rings. The van der Waals surface area contributed by atoms with Crippen LogP contribution < -0.4 is 5.32 Å². The Morgan fingerprint density at radius 1 is 1.22 bits per heavy atom. The lowest BCUT2D eigenvalue weighted by molar-refractivity contribution is 0.116. The molecule has 0 aliphatic heterocycles. The van der Waals surface area contributed by atoms with Gasteiger partial charge in [0.05, 0.1) is 29.7 Å². The molecule has 138 valence electrons. The molecule has 0 saturated heterocycles. The Labute approximate surface area is 160 Å². The summed E-state index contributed by atoms with van der Waals surface area (Å²) in [5.74, 6) is 0. The highest BCUT2D eigenvalue weighted by atomic mass is 32.1. The number of nitrogens with zero attached hydrogens (tertiary/aromatic N) is 5. The van der Waals surface area contributed by atoms with Gasteiger partial charge in [-0.1, -0.05) is 24.2 Å². The molecule has 1 fully saturated rings. The molecule has 2 N–H and O–H groups in total. The van der Waals surface area contributed by atoms with Crippen LogP contribution in [-0.4, -0.2) is 41.8 Å². The number of aliphatic hydroxyl groups excluding tert-OH is 1. The first-order valence-corrected chi connectivity index (χ1v) is 10.0. The molecule has 2 atom stereocenters. The van der Waals surface area contributed by atoms with Gasteiger partial charge in [-0.05, 0) is 36.6 Å². The topological polar surface area (TPSA) is 88.8 Å². The summed E-state index contributed by atoms with van der Waals surface area (Å²) in [5, 5.41) is 14.4. The van der Waals surface area contributed by atoms with Gasteiger partial charge in [0.15, 0.2) is 16.4 Å². The van der Waals surface area contributed by atoms with E-state index in [1.807, 2.05) is 29.2 Å². The molecule has 1 aliphatic carbocycles. The van der Waals surface area contributed by atoms with Gasteiger partial charge >= 0.3 is 0 Å². The van der Waals surface area contributed by atoms with Crippen molar-refractivity contribution in [3.63, 3.8) is 0 Å². The predicted molar refractivity (Wildman–Crippen MR) is 106 cm³/mol. The van der Waals surface area contributed by atoms with Crippen LogP contribution in [0.15, 0.2) is 36.9 Å². The molecule has 8 heteroatoms. The van der Waals surface area contributed by atoms with Crippen LogP contribution in [0.2, 0.25) is 0 Å². The van der Waals surface area contributed by atoms with E-state index in [9.17, 15) is 5.11 Å². The lowest BCUT2D eigenvalue weighted by Gasteiger charge is -2.27. The highest BCUT2D eigenvalue weighted by Crippen LogP contribution is 2.29. The molecule has 0 radical (unpaired) electrons. The van der Waals surface area contributed by atoms with Crippen LogP contribution in [-0.2, 0) is 6.54 Å². The number of hydrogen-bond donors (Lipinski definition) is 2. The molecule has 4 aromatic heterocycles. The van der Waals surface area contributed by atoms with E-state index in [0.717, 1.165) is 57.9 Å². The lowest BCUT2D eigenvalue weighted by atomic mass is 9.93. The number of anilines is 1. The van der Waals surface area contributed by atoms with E-state index in [4.69, 9.17) is 0 Å². The van der Waals surface area contributed by atoms with Crippen molar-refractivity contribution in [1.29, 1.82) is 0 Å². The van der Waals surface area contributed by atoms with Gasteiger partial charge in [-0.15, -0.1) is 0 Å². The number of thiazole rings is 1. The van der Waals surface area contributed by atoms with Crippen molar-refractivity contribution >= 4 is 38.0 Å². The third kappa shape index (κ3) is 3.26. The highest BCUT2D eigenvalue weighted by molar-refractivity contribution is 7.22. The van der Waals surface area contributed by atoms with E-state index in [1.165, 1.54) is 0 Å². The second-order valence-corrected chi connectivity index (χ2v) is 8.04. The second kappa shape index (κ2) is 6.86. The molecule has 4 heterocycles. The molecule has 7 nitrogen and oxygen atoms in total. The van der Waals surface area contributed by atoms with Crippen molar-refractivity contribution in [3.05, 3.63) is 42.5 Å². The highest BCUT2D eigenvalue weighted by Gasteiger charge is 2.23. The molecular weight excluding hydrogens is 360 g/mol. The molecule has 5 rings (SSSR count). The van der Waals surface area contributed by atoms with Crippen LogP contribution >= 0.6 is 11.3 Å². The fourth-order valence-electron chi connectivity index (χ4n) is 3.66. The maximum absolute atomic E-state index is 10.2. The summed E-state index contributed by atoms with van der Waals surface area (Å²) in [6.07, 6.45) is 9.24. The zero-order valence-corrected chi connectivity index (χ0v) is 15.6. The Balaban J connectivity index is 1.39. The first-order chi connectivity index (χ1) is 13.3. The van der Waals surface area contributed by atoms with Gasteiger partial charge in [-0.25, -0.2) is 19.9 Å². The standard InChI is InChI=1S/C19H20N6OS/c26-15-6-2-1-4-13(15)23-19-24-17-16(27-19)8-12(9-21-17)10-25-11-22-14-5-3-7-20-18(14)25/h3,5,7-9,11,13,15,26H,1-2,4,6,10H2,(H,21,23,24)/t13-,15-/m1/s1. The normalized spacial score (nSPS) is 20.3. The summed E-state index contributed by atoms with van der Waals surface area (Å²) in [6, 6.07) is 6.06. The molecule has 0 aromatic carbocycles. The molecule has 0 amide bonds. The molecule has 1 saturated carbocycles. The molecule has 0 unspecified atom stereocenters. The van der Waals surface area contributed by atoms with Gasteiger partial charge in [-0.3, -0.25) is 0 Å². The molecule has 0 spiro atoms. The second-order valence-electron chi connectivity index (χ2n) is 7.01. The fraction of sp³-hybridized carbons (Fsp3) is 0.368. The van der Waals surface area contributed by atoms with E-state index in [1.54, 1.807) is 17.5 Å². The Kier molecular flexibility index (Phi) is 4.21. The number of imidazole rings is 1. The van der Waals surface area contributed by atoms with Crippen molar-refractivity contribution in [1.82, 2.24) is 24.5 Å². The van der Waals surface area contributed by atoms with E-state index in [0.29, 0.717) is 6.54 Å². The Bertz CT molecular complexity index is 1090. The number of fused-ring (bicyclic) bond motifs is 2. The molecule has 0 bridgehead atoms. The van der Waals surface area contributed by atoms with Gasteiger partial charge < -0.3 is 15.0 Å². The Morgan fingerprint density at radius 2 is 2.15 bits per heavy atom. The van der Waals surface area contributed by atoms with Crippen molar-refractivity contribution < 1.29 is 5.11 Å². The minimum atomic E-state index is -0.295. The largest absolute Gasteiger partial charge is 0.391 e. The first kappa shape index (κ1) is 16.6. The summed E-state index contributed by atoms with van der Waals surface area (Å²) in [4.78, 5) is 17.9. The number of rotatable bonds is 4. The summed E-state index contributed by atoms with van der Waals surface area (Å²) >= 11 is 1.59. The smallest absolute Gasteiger partial charge is 0.185 e. The van der Waals surface area contributed by atoms with Crippen LogP contribution in [0.5, 0.6) is 0 Å². The fourth-order valence-corrected chi connectivity index (χ4v) is 4.61. The minimum absolute atomic E-state index is 0.0853. The third-order valence-corrected chi connectivity index (χ3v) is 5.99. The van der Waals surface area contributed by atoms with Crippen LogP contribution in [0.1, 0.15) is 31.2 Å². The first-order valence-electron chi connectivity index (χ1n) is 9.22. The van der Waals surface area contributed by atoms with Crippen molar-refractivity contribution in [2.24, 2.45) is 0 Å². The van der Waals surface area contributed by atoms with E-state index < -0.39 is 0 Å². The van der Waals surface area contributed by atoms with Crippen molar-refractivity contribution in [2.75, 3.05) is 5.32 Å². The van der Waals surface area contributed by atoms with Gasteiger partial charge in [-0.2, -0.15) is 0 Å². The summed E-state index contributed by atoms with van der Waals surface area (Å²) in [6.45, 7) is 0.665. The number of nitrogens with one attached hydrogen (secondary N) is 1. The average molecular weight is 380 g/mol. The predicted octanol–water partition coefficient (Wildman–Crippen LogP) is 3.20. The summed E-state index contributed by atoms with van der Waals surface area (Å²) < 4.78 is 3.06. The van der Waals surface area contributed by atoms with Gasteiger partial charge in [0, 0.05) is 12.4 Å². The third-order valence-electron chi connectivity index (χ3n) is 5.07. The van der Waals surface area contributed by atoms with Crippen molar-refractivity contribution in [3.8, 4) is 0 Å². The number of aromatic nitrogens is 5. The summed E-state index contributed by atoms with van der Waals surface area (Å²) in [5.41, 5.74) is 3.59. The van der Waals surface area contributed by atoms with Crippen LogP contribution in [0.25, 0.3) is 21.5 Å². The summed E-state index contributed by atoms with van der Waals surface area (Å²) in [7, 11) is 0. The SMILES string of the molecule is O[C@@H]1CCCC[C@H]1Nc1nc2ncc(Cn3cnc4cccnc43)cc2s1. The quantitative estimate of drug-likeness (QED) is 0.565. The Hall–Kier alpha value is -2.58. The number of hydrogen-bond acceptors (Lipinski definition) is 7. The van der Waals surface area contributed by atoms with Crippen LogP contribution in [0, 0.1) is 0 Å². The van der Waals surface area contributed by atoms with E-state index in [2.05, 4.69) is 31.3 Å². The molecule has 27 heavy (non-hydrogen) atoms. The molecular formula is C19H20N6OS. The van der Waals surface area contributed by atoms with Gasteiger partial charge in [0.25, 0.3) is 0 Å². The van der Waals surface area contributed by atoms with Gasteiger partial charge in [0.2, 0.25) is 0 Å². The van der Waals surface area contributed by atoms with E-state index >= 15 is 0 Å². The van der Waals surface area contributed by atoms with Crippen LogP contribution in [0.4, 0.5) is 5.13 Å². The van der Waals surface area contributed by atoms with Crippen molar-refractivity contribution in [2.45, 2.75) is 44.4 Å². The molecule has 4 aromatic rings. The zero-order valence-electron chi connectivity index (χ0n) is 14.7. The monoisotopic (exact) mass is 380 g/mol.